The summed E-state index contributed by atoms with van der Waals surface area (Å²) in [5.41, 5.74) is 2.11. The number of nitrogens with zero attached hydrogens (tertiary/aromatic N) is 2. The van der Waals surface area contributed by atoms with Crippen LogP contribution >= 0.6 is 15.9 Å². The van der Waals surface area contributed by atoms with Crippen LogP contribution in [-0.2, 0) is 13.5 Å². The number of hydrogen-bond donors (Lipinski definition) is 2. The third kappa shape index (κ3) is 1.85. The number of imidazole rings is 1. The summed E-state index contributed by atoms with van der Waals surface area (Å²) in [6, 6.07) is 1.99. The lowest BCUT2D eigenvalue weighted by Gasteiger charge is -2.03. The average Bonchev–Trinajstić information content (AvgIpc) is 2.77. The zero-order chi connectivity index (χ0) is 10.8. The minimum atomic E-state index is 0.115. The van der Waals surface area contributed by atoms with E-state index in [-0.39, 0.29) is 6.61 Å². The molecule has 0 saturated carbocycles. The lowest BCUT2D eigenvalue weighted by molar-refractivity contribution is 0.295. The van der Waals surface area contributed by atoms with Crippen LogP contribution in [0.15, 0.2) is 23.1 Å². The molecule has 0 radical (unpaired) electrons. The van der Waals surface area contributed by atoms with Gasteiger partial charge in [-0.1, -0.05) is 0 Å². The highest BCUT2D eigenvalue weighted by Gasteiger charge is 2.13. The SMILES string of the molecule is Cn1c(CCO)nc(Br)c1-c1cc[nH]c1. The second-order valence-corrected chi connectivity index (χ2v) is 4.05. The first-order valence-corrected chi connectivity index (χ1v) is 5.48. The van der Waals surface area contributed by atoms with Gasteiger partial charge in [-0.15, -0.1) is 0 Å². The molecule has 0 atom stereocenters. The van der Waals surface area contributed by atoms with Gasteiger partial charge in [0.05, 0.1) is 12.3 Å². The van der Waals surface area contributed by atoms with Gasteiger partial charge in [0.1, 0.15) is 10.4 Å². The molecule has 0 aliphatic carbocycles. The number of rotatable bonds is 3. The van der Waals surface area contributed by atoms with Gasteiger partial charge < -0.3 is 14.7 Å². The Hall–Kier alpha value is -1.07. The molecule has 80 valence electrons. The Bertz CT molecular complexity index is 447. The third-order valence-corrected chi connectivity index (χ3v) is 2.90. The van der Waals surface area contributed by atoms with Crippen LogP contribution < -0.4 is 0 Å². The van der Waals surface area contributed by atoms with E-state index in [0.717, 1.165) is 21.7 Å². The summed E-state index contributed by atoms with van der Waals surface area (Å²) >= 11 is 3.43. The van der Waals surface area contributed by atoms with Crippen LogP contribution in [0.25, 0.3) is 11.3 Å². The van der Waals surface area contributed by atoms with E-state index in [1.807, 2.05) is 30.1 Å². The molecule has 0 amide bonds. The quantitative estimate of drug-likeness (QED) is 0.892. The number of hydrogen-bond acceptors (Lipinski definition) is 2. The number of aromatic nitrogens is 3. The number of H-pyrrole nitrogens is 1. The monoisotopic (exact) mass is 269 g/mol. The van der Waals surface area contributed by atoms with Gasteiger partial charge in [-0.3, -0.25) is 0 Å². The second-order valence-electron chi connectivity index (χ2n) is 3.30. The minimum Gasteiger partial charge on any atom is -0.396 e. The first-order valence-electron chi connectivity index (χ1n) is 4.69. The normalized spacial score (nSPS) is 10.9. The van der Waals surface area contributed by atoms with E-state index in [1.54, 1.807) is 0 Å². The highest BCUT2D eigenvalue weighted by Crippen LogP contribution is 2.28. The minimum absolute atomic E-state index is 0.115. The molecule has 0 spiro atoms. The van der Waals surface area contributed by atoms with Crippen LogP contribution in [-0.4, -0.2) is 26.2 Å². The number of halogens is 1. The standard InChI is InChI=1S/C10H12BrN3O/c1-14-8(3-5-15)13-10(11)9(14)7-2-4-12-6-7/h2,4,6,12,15H,3,5H2,1H3. The van der Waals surface area contributed by atoms with Gasteiger partial charge in [0.2, 0.25) is 0 Å². The molecular formula is C10H12BrN3O. The number of aliphatic hydroxyl groups excluding tert-OH is 1. The smallest absolute Gasteiger partial charge is 0.132 e. The predicted octanol–water partition coefficient (Wildman–Crippen LogP) is 1.71. The Kier molecular flexibility index (Phi) is 2.93. The maximum atomic E-state index is 8.90. The van der Waals surface area contributed by atoms with Crippen molar-refractivity contribution in [1.82, 2.24) is 14.5 Å². The van der Waals surface area contributed by atoms with Crippen molar-refractivity contribution in [2.75, 3.05) is 6.61 Å². The van der Waals surface area contributed by atoms with Gasteiger partial charge in [-0.25, -0.2) is 4.98 Å². The first-order chi connectivity index (χ1) is 7.24. The molecule has 2 N–H and O–H groups in total. The van der Waals surface area contributed by atoms with Crippen LogP contribution in [0.5, 0.6) is 0 Å². The van der Waals surface area contributed by atoms with Crippen LogP contribution in [0.1, 0.15) is 5.82 Å². The van der Waals surface area contributed by atoms with E-state index in [2.05, 4.69) is 25.9 Å². The van der Waals surface area contributed by atoms with Crippen molar-refractivity contribution >= 4 is 15.9 Å². The summed E-state index contributed by atoms with van der Waals surface area (Å²) in [5.74, 6) is 0.876. The number of nitrogens with one attached hydrogen (secondary N) is 1. The van der Waals surface area contributed by atoms with Crippen molar-refractivity contribution in [1.29, 1.82) is 0 Å². The maximum Gasteiger partial charge on any atom is 0.132 e. The van der Waals surface area contributed by atoms with Gasteiger partial charge >= 0.3 is 0 Å². The van der Waals surface area contributed by atoms with E-state index < -0.39 is 0 Å². The van der Waals surface area contributed by atoms with E-state index in [0.29, 0.717) is 6.42 Å². The fourth-order valence-corrected chi connectivity index (χ4v) is 2.32. The molecule has 2 heterocycles. The second kappa shape index (κ2) is 4.20. The van der Waals surface area contributed by atoms with E-state index in [9.17, 15) is 0 Å². The summed E-state index contributed by atoms with van der Waals surface area (Å²) in [6.07, 6.45) is 4.37. The van der Waals surface area contributed by atoms with Crippen LogP contribution in [0, 0.1) is 0 Å². The Labute approximate surface area is 96.1 Å². The predicted molar refractivity (Wildman–Crippen MR) is 61.5 cm³/mol. The van der Waals surface area contributed by atoms with Gasteiger partial charge in [0, 0.05) is 31.4 Å². The lowest BCUT2D eigenvalue weighted by Crippen LogP contribution is -2.01. The Balaban J connectivity index is 2.48. The van der Waals surface area contributed by atoms with E-state index in [4.69, 9.17) is 5.11 Å². The molecule has 4 nitrogen and oxygen atoms in total. The molecule has 0 aromatic carbocycles. The molecule has 0 aliphatic heterocycles. The van der Waals surface area contributed by atoms with Gasteiger partial charge in [-0.05, 0) is 22.0 Å². The van der Waals surface area contributed by atoms with E-state index in [1.165, 1.54) is 0 Å². The summed E-state index contributed by atoms with van der Waals surface area (Å²) in [5, 5.41) is 8.90. The Morgan fingerprint density at radius 2 is 2.40 bits per heavy atom. The number of aliphatic hydroxyl groups is 1. The van der Waals surface area contributed by atoms with Crippen LogP contribution in [0.4, 0.5) is 0 Å². The zero-order valence-corrected chi connectivity index (χ0v) is 9.95. The van der Waals surface area contributed by atoms with Gasteiger partial charge in [-0.2, -0.15) is 0 Å². The highest BCUT2D eigenvalue weighted by molar-refractivity contribution is 9.10. The van der Waals surface area contributed by atoms with Crippen molar-refractivity contribution < 1.29 is 5.11 Å². The zero-order valence-electron chi connectivity index (χ0n) is 8.37. The molecular weight excluding hydrogens is 258 g/mol. The molecule has 0 aliphatic rings. The molecule has 0 saturated heterocycles. The largest absolute Gasteiger partial charge is 0.396 e. The van der Waals surface area contributed by atoms with Crippen molar-refractivity contribution in [2.24, 2.45) is 7.05 Å². The molecule has 2 aromatic heterocycles. The van der Waals surface area contributed by atoms with Crippen molar-refractivity contribution in [3.05, 3.63) is 28.9 Å². The van der Waals surface area contributed by atoms with Crippen molar-refractivity contribution in [2.45, 2.75) is 6.42 Å². The topological polar surface area (TPSA) is 53.8 Å². The summed E-state index contributed by atoms with van der Waals surface area (Å²) < 4.78 is 2.80. The maximum absolute atomic E-state index is 8.90. The third-order valence-electron chi connectivity index (χ3n) is 2.35. The molecule has 2 rings (SSSR count). The number of aromatic amines is 1. The van der Waals surface area contributed by atoms with Crippen molar-refractivity contribution in [3.8, 4) is 11.3 Å². The molecule has 0 unspecified atom stereocenters. The average molecular weight is 270 g/mol. The van der Waals surface area contributed by atoms with Gasteiger partial charge in [0.25, 0.3) is 0 Å². The summed E-state index contributed by atoms with van der Waals surface area (Å²) in [6.45, 7) is 0.115. The lowest BCUT2D eigenvalue weighted by atomic mass is 10.2. The Morgan fingerprint density at radius 1 is 1.60 bits per heavy atom. The Morgan fingerprint density at radius 3 is 3.00 bits per heavy atom. The summed E-state index contributed by atoms with van der Waals surface area (Å²) in [7, 11) is 1.95. The van der Waals surface area contributed by atoms with Crippen LogP contribution in [0.2, 0.25) is 0 Å². The molecule has 2 aromatic rings. The fourth-order valence-electron chi connectivity index (χ4n) is 1.62. The molecule has 5 heteroatoms. The fraction of sp³-hybridized carbons (Fsp3) is 0.300. The van der Waals surface area contributed by atoms with Crippen molar-refractivity contribution in [3.63, 3.8) is 0 Å². The first kappa shape index (κ1) is 10.4. The molecule has 15 heavy (non-hydrogen) atoms. The van der Waals surface area contributed by atoms with Crippen LogP contribution in [0.3, 0.4) is 0 Å². The highest BCUT2D eigenvalue weighted by atomic mass is 79.9. The molecule has 0 fully saturated rings. The molecule has 0 bridgehead atoms. The summed E-state index contributed by atoms with van der Waals surface area (Å²) in [4.78, 5) is 7.37. The van der Waals surface area contributed by atoms with E-state index >= 15 is 0 Å². The van der Waals surface area contributed by atoms with Gasteiger partial charge in [0.15, 0.2) is 0 Å².